The number of amides is 1. The average Bonchev–Trinajstić information content (AvgIpc) is 3.47. The molecule has 0 spiro atoms. The molecule has 1 N–H and O–H groups in total. The third-order valence-electron chi connectivity index (χ3n) is 5.66. The lowest BCUT2D eigenvalue weighted by Crippen LogP contribution is -2.28. The van der Waals surface area contributed by atoms with Crippen LogP contribution in [0.2, 0.25) is 5.02 Å². The molecule has 1 atom stereocenters. The molecule has 3 aromatic rings. The summed E-state index contributed by atoms with van der Waals surface area (Å²) in [5.41, 5.74) is 0.944. The van der Waals surface area contributed by atoms with Gasteiger partial charge in [0.05, 0.1) is 37.5 Å². The summed E-state index contributed by atoms with van der Waals surface area (Å²) in [5.74, 6) is -0.282. The van der Waals surface area contributed by atoms with Crippen molar-refractivity contribution in [3.63, 3.8) is 0 Å². The number of ketones is 1. The molecule has 0 bridgehead atoms. The molecular weight excluding hydrogens is 490 g/mol. The number of aliphatic hydroxyl groups excluding tert-OH is 1. The van der Waals surface area contributed by atoms with Gasteiger partial charge in [-0.15, -0.1) is 11.3 Å². The van der Waals surface area contributed by atoms with Gasteiger partial charge in [-0.25, -0.2) is 0 Å². The zero-order valence-corrected chi connectivity index (χ0v) is 21.0. The van der Waals surface area contributed by atoms with E-state index >= 15 is 0 Å². The number of carbonyl (C=O) groups excluding carboxylic acids is 2. The fourth-order valence-corrected chi connectivity index (χ4v) is 5.10. The fraction of sp³-hybridized carbons (Fsp3) is 0.231. The Hall–Kier alpha value is -3.49. The quantitative estimate of drug-likeness (QED) is 0.245. The maximum atomic E-state index is 13.2. The van der Waals surface area contributed by atoms with Crippen molar-refractivity contribution in [3.8, 4) is 17.2 Å². The molecule has 2 heterocycles. The first-order valence-corrected chi connectivity index (χ1v) is 12.1. The van der Waals surface area contributed by atoms with E-state index in [1.807, 2.05) is 24.4 Å². The van der Waals surface area contributed by atoms with E-state index in [0.29, 0.717) is 23.9 Å². The van der Waals surface area contributed by atoms with Gasteiger partial charge in [-0.3, -0.25) is 9.59 Å². The number of hydrogen-bond acceptors (Lipinski definition) is 7. The summed E-state index contributed by atoms with van der Waals surface area (Å²) in [6.07, 6.45) is 0. The lowest BCUT2D eigenvalue weighted by molar-refractivity contribution is -0.140. The summed E-state index contributed by atoms with van der Waals surface area (Å²) in [5, 5.41) is 13.4. The number of nitrogens with zero attached hydrogens (tertiary/aromatic N) is 1. The number of aliphatic hydroxyl groups is 1. The molecule has 1 unspecified atom stereocenters. The Labute approximate surface area is 212 Å². The summed E-state index contributed by atoms with van der Waals surface area (Å²) in [4.78, 5) is 28.6. The molecule has 7 nitrogen and oxygen atoms in total. The molecule has 1 saturated heterocycles. The third-order valence-corrected chi connectivity index (χ3v) is 6.91. The van der Waals surface area contributed by atoms with Crippen LogP contribution in [-0.2, 0) is 16.1 Å². The van der Waals surface area contributed by atoms with Gasteiger partial charge in [0.25, 0.3) is 11.7 Å². The Morgan fingerprint density at radius 3 is 2.51 bits per heavy atom. The molecule has 1 amide bonds. The predicted molar refractivity (Wildman–Crippen MR) is 134 cm³/mol. The first kappa shape index (κ1) is 24.6. The van der Waals surface area contributed by atoms with Gasteiger partial charge in [0.1, 0.15) is 11.5 Å². The third kappa shape index (κ3) is 4.72. The lowest BCUT2D eigenvalue weighted by atomic mass is 9.99. The van der Waals surface area contributed by atoms with Crippen molar-refractivity contribution >= 4 is 40.4 Å². The SMILES string of the molecule is CCOc1ccc(Cl)c(/C(O)=C2/C(=O)C(=O)N(Cc3ccc(OC)c(OC)c3)C2c2cccs2)c1. The van der Waals surface area contributed by atoms with Crippen molar-refractivity contribution < 1.29 is 28.9 Å². The topological polar surface area (TPSA) is 85.3 Å². The first-order chi connectivity index (χ1) is 16.9. The lowest BCUT2D eigenvalue weighted by Gasteiger charge is -2.24. The summed E-state index contributed by atoms with van der Waals surface area (Å²) in [6.45, 7) is 2.38. The fourth-order valence-electron chi connectivity index (χ4n) is 4.05. The zero-order chi connectivity index (χ0) is 25.1. The molecule has 1 fully saturated rings. The summed E-state index contributed by atoms with van der Waals surface area (Å²) in [7, 11) is 3.07. The minimum Gasteiger partial charge on any atom is -0.507 e. The van der Waals surface area contributed by atoms with Crippen LogP contribution in [0.3, 0.4) is 0 Å². The molecule has 35 heavy (non-hydrogen) atoms. The standard InChI is InChI=1S/C26H24ClNO6S/c1-4-34-16-8-9-18(27)17(13-16)24(29)22-23(21-6-5-11-35-21)28(26(31)25(22)30)14-15-7-10-19(32-2)20(12-15)33-3/h5-13,23,29H,4,14H2,1-3H3/b24-22-. The van der Waals surface area contributed by atoms with Gasteiger partial charge in [-0.1, -0.05) is 23.7 Å². The van der Waals surface area contributed by atoms with Gasteiger partial charge >= 0.3 is 0 Å². The molecule has 2 aromatic carbocycles. The van der Waals surface area contributed by atoms with Crippen LogP contribution in [0, 0.1) is 0 Å². The molecule has 9 heteroatoms. The highest BCUT2D eigenvalue weighted by Gasteiger charge is 2.46. The van der Waals surface area contributed by atoms with Gasteiger partial charge in [-0.2, -0.15) is 0 Å². The van der Waals surface area contributed by atoms with E-state index in [9.17, 15) is 14.7 Å². The van der Waals surface area contributed by atoms with Crippen molar-refractivity contribution in [2.75, 3.05) is 20.8 Å². The Kier molecular flexibility index (Phi) is 7.33. The molecule has 1 aliphatic heterocycles. The van der Waals surface area contributed by atoms with Crippen LogP contribution in [0.5, 0.6) is 17.2 Å². The number of Topliss-reactive ketones (excluding diaryl/α,β-unsaturated/α-hetero) is 1. The normalized spacial score (nSPS) is 17.0. The van der Waals surface area contributed by atoms with Gasteiger partial charge in [0.15, 0.2) is 11.5 Å². The maximum absolute atomic E-state index is 13.2. The van der Waals surface area contributed by atoms with Gasteiger partial charge in [-0.05, 0) is 54.3 Å². The van der Waals surface area contributed by atoms with E-state index in [4.69, 9.17) is 25.8 Å². The molecule has 0 radical (unpaired) electrons. The van der Waals surface area contributed by atoms with Gasteiger partial charge in [0, 0.05) is 17.0 Å². The number of likely N-dealkylation sites (tertiary alicyclic amines) is 1. The van der Waals surface area contributed by atoms with Crippen LogP contribution in [0.15, 0.2) is 59.5 Å². The number of methoxy groups -OCH3 is 2. The minimum absolute atomic E-state index is 0.0199. The van der Waals surface area contributed by atoms with Crippen molar-refractivity contribution in [2.24, 2.45) is 0 Å². The maximum Gasteiger partial charge on any atom is 0.295 e. The largest absolute Gasteiger partial charge is 0.507 e. The Morgan fingerprint density at radius 2 is 1.86 bits per heavy atom. The zero-order valence-electron chi connectivity index (χ0n) is 19.4. The van der Waals surface area contributed by atoms with E-state index < -0.39 is 17.7 Å². The first-order valence-electron chi connectivity index (χ1n) is 10.8. The van der Waals surface area contributed by atoms with Crippen LogP contribution < -0.4 is 14.2 Å². The second kappa shape index (κ2) is 10.4. The van der Waals surface area contributed by atoms with Crippen molar-refractivity contribution in [2.45, 2.75) is 19.5 Å². The summed E-state index contributed by atoms with van der Waals surface area (Å²) in [6, 6.07) is 13.0. The molecule has 1 aromatic heterocycles. The van der Waals surface area contributed by atoms with Crippen molar-refractivity contribution in [1.29, 1.82) is 0 Å². The number of hydrogen-bond donors (Lipinski definition) is 1. The van der Waals surface area contributed by atoms with Gasteiger partial charge in [0.2, 0.25) is 0 Å². The van der Waals surface area contributed by atoms with Crippen LogP contribution >= 0.6 is 22.9 Å². The Balaban J connectivity index is 1.82. The second-order valence-corrected chi connectivity index (χ2v) is 9.09. The highest BCUT2D eigenvalue weighted by atomic mass is 35.5. The van der Waals surface area contributed by atoms with E-state index in [1.54, 1.807) is 43.5 Å². The molecule has 0 aliphatic carbocycles. The smallest absolute Gasteiger partial charge is 0.295 e. The van der Waals surface area contributed by atoms with Crippen LogP contribution in [-0.4, -0.2) is 42.5 Å². The van der Waals surface area contributed by atoms with Crippen molar-refractivity contribution in [1.82, 2.24) is 4.90 Å². The monoisotopic (exact) mass is 513 g/mol. The van der Waals surface area contributed by atoms with Crippen molar-refractivity contribution in [3.05, 3.63) is 80.5 Å². The van der Waals surface area contributed by atoms with E-state index in [2.05, 4.69) is 0 Å². The molecular formula is C26H24ClNO6S. The van der Waals surface area contributed by atoms with Crippen LogP contribution in [0.1, 0.15) is 29.0 Å². The number of halogens is 1. The number of ether oxygens (including phenoxy) is 3. The molecule has 4 rings (SSSR count). The number of benzene rings is 2. The Bertz CT molecular complexity index is 1290. The van der Waals surface area contributed by atoms with E-state index in [1.165, 1.54) is 23.3 Å². The molecule has 182 valence electrons. The molecule has 1 aliphatic rings. The average molecular weight is 514 g/mol. The number of rotatable bonds is 8. The highest BCUT2D eigenvalue weighted by molar-refractivity contribution is 7.10. The number of thiophene rings is 1. The Morgan fingerprint density at radius 1 is 1.09 bits per heavy atom. The molecule has 0 saturated carbocycles. The second-order valence-electron chi connectivity index (χ2n) is 7.71. The predicted octanol–water partition coefficient (Wildman–Crippen LogP) is 5.44. The van der Waals surface area contributed by atoms with Crippen LogP contribution in [0.4, 0.5) is 0 Å². The van der Waals surface area contributed by atoms with E-state index in [0.717, 1.165) is 10.4 Å². The van der Waals surface area contributed by atoms with Crippen LogP contribution in [0.25, 0.3) is 5.76 Å². The van der Waals surface area contributed by atoms with Gasteiger partial charge < -0.3 is 24.2 Å². The summed E-state index contributed by atoms with van der Waals surface area (Å²) >= 11 is 7.76. The summed E-state index contributed by atoms with van der Waals surface area (Å²) < 4.78 is 16.2. The number of carbonyl (C=O) groups is 2. The van der Waals surface area contributed by atoms with E-state index in [-0.39, 0.29) is 28.5 Å². The minimum atomic E-state index is -0.782. The highest BCUT2D eigenvalue weighted by Crippen LogP contribution is 2.43.